The van der Waals surface area contributed by atoms with Gasteiger partial charge in [0.1, 0.15) is 0 Å². The van der Waals surface area contributed by atoms with Gasteiger partial charge in [0.25, 0.3) is 0 Å². The van der Waals surface area contributed by atoms with Crippen LogP contribution in [0.4, 0.5) is 0 Å². The van der Waals surface area contributed by atoms with Crippen LogP contribution < -0.4 is 0 Å². The molecule has 0 heterocycles. The summed E-state index contributed by atoms with van der Waals surface area (Å²) in [6.07, 6.45) is 11.1. The van der Waals surface area contributed by atoms with Gasteiger partial charge in [-0.15, -0.1) is 0 Å². The van der Waals surface area contributed by atoms with Crippen LogP contribution in [0.5, 0.6) is 0 Å². The van der Waals surface area contributed by atoms with Crippen molar-refractivity contribution in [2.75, 3.05) is 19.6 Å². The van der Waals surface area contributed by atoms with Crippen molar-refractivity contribution in [2.24, 2.45) is 0 Å². The molecule has 1 rings (SSSR count). The molecule has 0 aliphatic heterocycles. The lowest BCUT2D eigenvalue weighted by atomic mass is 10.1. The number of nitrogens with zero attached hydrogens (tertiary/aromatic N) is 1. The number of rotatable bonds is 12. The van der Waals surface area contributed by atoms with Gasteiger partial charge >= 0.3 is 0 Å². The van der Waals surface area contributed by atoms with Crippen molar-refractivity contribution in [3.63, 3.8) is 0 Å². The number of hydrogen-bond donors (Lipinski definition) is 0. The van der Waals surface area contributed by atoms with Crippen LogP contribution in [0, 0.1) is 0 Å². The Bertz CT molecular complexity index is 356. The standard InChI is InChI=1S/C20H33N/c1-4-7-9-16-21(17-10-8-5-2)18-15-20-13-11-19(6-3)12-14-20/h6,11-14H,3-5,7-10,15-18H2,1-2H3. The number of benzene rings is 1. The molecule has 1 heteroatoms. The molecule has 21 heavy (non-hydrogen) atoms. The van der Waals surface area contributed by atoms with E-state index in [4.69, 9.17) is 0 Å². The molecule has 0 saturated carbocycles. The fourth-order valence-electron chi connectivity index (χ4n) is 2.61. The highest BCUT2D eigenvalue weighted by Crippen LogP contribution is 2.09. The summed E-state index contributed by atoms with van der Waals surface area (Å²) in [6, 6.07) is 8.82. The second-order valence-electron chi connectivity index (χ2n) is 5.95. The quantitative estimate of drug-likeness (QED) is 0.455. The van der Waals surface area contributed by atoms with Crippen molar-refractivity contribution in [1.82, 2.24) is 4.90 Å². The van der Waals surface area contributed by atoms with Gasteiger partial charge in [0.15, 0.2) is 0 Å². The van der Waals surface area contributed by atoms with Crippen molar-refractivity contribution in [3.05, 3.63) is 42.0 Å². The zero-order valence-electron chi connectivity index (χ0n) is 14.1. The van der Waals surface area contributed by atoms with E-state index in [1.165, 1.54) is 69.3 Å². The first-order valence-corrected chi connectivity index (χ1v) is 8.73. The molecule has 0 unspecified atom stereocenters. The van der Waals surface area contributed by atoms with Crippen LogP contribution in [-0.4, -0.2) is 24.5 Å². The average Bonchev–Trinajstić information content (AvgIpc) is 2.53. The van der Waals surface area contributed by atoms with Crippen LogP contribution in [0.2, 0.25) is 0 Å². The zero-order chi connectivity index (χ0) is 15.3. The van der Waals surface area contributed by atoms with Crippen LogP contribution in [0.15, 0.2) is 30.8 Å². The van der Waals surface area contributed by atoms with Gasteiger partial charge in [-0.2, -0.15) is 0 Å². The van der Waals surface area contributed by atoms with Gasteiger partial charge < -0.3 is 4.90 Å². The minimum Gasteiger partial charge on any atom is -0.303 e. The molecule has 1 aromatic rings. The van der Waals surface area contributed by atoms with E-state index >= 15 is 0 Å². The minimum atomic E-state index is 1.16. The largest absolute Gasteiger partial charge is 0.303 e. The Labute approximate surface area is 132 Å². The Morgan fingerprint density at radius 1 is 0.857 bits per heavy atom. The summed E-state index contributed by atoms with van der Waals surface area (Å²) in [4.78, 5) is 2.66. The summed E-state index contributed by atoms with van der Waals surface area (Å²) in [5, 5.41) is 0. The molecule has 0 fully saturated rings. The van der Waals surface area contributed by atoms with Crippen LogP contribution in [0.1, 0.15) is 63.5 Å². The highest BCUT2D eigenvalue weighted by Gasteiger charge is 2.05. The van der Waals surface area contributed by atoms with E-state index in [-0.39, 0.29) is 0 Å². The highest BCUT2D eigenvalue weighted by molar-refractivity contribution is 5.47. The molecule has 0 aliphatic rings. The predicted molar refractivity (Wildman–Crippen MR) is 95.7 cm³/mol. The fraction of sp³-hybridized carbons (Fsp3) is 0.600. The van der Waals surface area contributed by atoms with E-state index in [0.29, 0.717) is 0 Å². The van der Waals surface area contributed by atoms with Gasteiger partial charge in [-0.05, 0) is 43.5 Å². The minimum absolute atomic E-state index is 1.16. The zero-order valence-corrected chi connectivity index (χ0v) is 14.1. The molecular weight excluding hydrogens is 254 g/mol. The molecule has 1 nitrogen and oxygen atoms in total. The molecule has 118 valence electrons. The Kier molecular flexibility index (Phi) is 9.90. The number of hydrogen-bond acceptors (Lipinski definition) is 1. The average molecular weight is 287 g/mol. The molecule has 0 bridgehead atoms. The van der Waals surface area contributed by atoms with Gasteiger partial charge in [0.05, 0.1) is 0 Å². The van der Waals surface area contributed by atoms with Crippen LogP contribution in [0.3, 0.4) is 0 Å². The monoisotopic (exact) mass is 287 g/mol. The molecule has 0 aliphatic carbocycles. The van der Waals surface area contributed by atoms with Gasteiger partial charge in [-0.25, -0.2) is 0 Å². The van der Waals surface area contributed by atoms with Gasteiger partial charge in [0, 0.05) is 6.54 Å². The molecule has 0 amide bonds. The fourth-order valence-corrected chi connectivity index (χ4v) is 2.61. The lowest BCUT2D eigenvalue weighted by Crippen LogP contribution is -2.28. The lowest BCUT2D eigenvalue weighted by Gasteiger charge is -2.22. The van der Waals surface area contributed by atoms with E-state index < -0.39 is 0 Å². The van der Waals surface area contributed by atoms with Crippen LogP contribution in [0.25, 0.3) is 6.08 Å². The maximum Gasteiger partial charge on any atom is 0.00218 e. The van der Waals surface area contributed by atoms with Gasteiger partial charge in [-0.3, -0.25) is 0 Å². The third-order valence-corrected chi connectivity index (χ3v) is 4.09. The summed E-state index contributed by atoms with van der Waals surface area (Å²) in [5.41, 5.74) is 2.65. The maximum atomic E-state index is 3.81. The predicted octanol–water partition coefficient (Wildman–Crippen LogP) is 5.55. The maximum absolute atomic E-state index is 3.81. The molecule has 0 N–H and O–H groups in total. The Morgan fingerprint density at radius 2 is 1.43 bits per heavy atom. The summed E-state index contributed by atoms with van der Waals surface area (Å²) < 4.78 is 0. The van der Waals surface area contributed by atoms with E-state index in [1.54, 1.807) is 0 Å². The first-order valence-electron chi connectivity index (χ1n) is 8.73. The number of unbranched alkanes of at least 4 members (excludes halogenated alkanes) is 4. The highest BCUT2D eigenvalue weighted by atomic mass is 15.1. The third kappa shape index (κ3) is 8.06. The van der Waals surface area contributed by atoms with Crippen molar-refractivity contribution in [2.45, 2.75) is 58.8 Å². The van der Waals surface area contributed by atoms with Crippen LogP contribution in [-0.2, 0) is 6.42 Å². The second kappa shape index (κ2) is 11.6. The van der Waals surface area contributed by atoms with E-state index in [1.807, 2.05) is 6.08 Å². The summed E-state index contributed by atoms with van der Waals surface area (Å²) >= 11 is 0. The first kappa shape index (κ1) is 18.0. The summed E-state index contributed by atoms with van der Waals surface area (Å²) in [6.45, 7) is 12.1. The molecule has 0 radical (unpaired) electrons. The SMILES string of the molecule is C=Cc1ccc(CCN(CCCCC)CCCCC)cc1. The molecule has 0 atom stereocenters. The Hall–Kier alpha value is -1.08. The van der Waals surface area contributed by atoms with Crippen LogP contribution >= 0.6 is 0 Å². The van der Waals surface area contributed by atoms with E-state index in [0.717, 1.165) is 6.42 Å². The lowest BCUT2D eigenvalue weighted by molar-refractivity contribution is 0.265. The van der Waals surface area contributed by atoms with E-state index in [9.17, 15) is 0 Å². The summed E-state index contributed by atoms with van der Waals surface area (Å²) in [5.74, 6) is 0. The molecule has 0 aromatic heterocycles. The molecule has 0 spiro atoms. The smallest absolute Gasteiger partial charge is 0.00218 e. The Morgan fingerprint density at radius 3 is 1.90 bits per heavy atom. The molecule has 0 saturated heterocycles. The molecular formula is C20H33N. The second-order valence-corrected chi connectivity index (χ2v) is 5.95. The van der Waals surface area contributed by atoms with Crippen molar-refractivity contribution < 1.29 is 0 Å². The normalized spacial score (nSPS) is 11.0. The van der Waals surface area contributed by atoms with Crippen molar-refractivity contribution >= 4 is 6.08 Å². The van der Waals surface area contributed by atoms with Crippen molar-refractivity contribution in [3.8, 4) is 0 Å². The first-order chi connectivity index (χ1) is 10.3. The van der Waals surface area contributed by atoms with Gasteiger partial charge in [-0.1, -0.05) is 76.5 Å². The van der Waals surface area contributed by atoms with Gasteiger partial charge in [0.2, 0.25) is 0 Å². The van der Waals surface area contributed by atoms with E-state index in [2.05, 4.69) is 49.6 Å². The van der Waals surface area contributed by atoms with Crippen molar-refractivity contribution in [1.29, 1.82) is 0 Å². The summed E-state index contributed by atoms with van der Waals surface area (Å²) in [7, 11) is 0. The molecule has 1 aromatic carbocycles. The topological polar surface area (TPSA) is 3.24 Å². The third-order valence-electron chi connectivity index (χ3n) is 4.09. The Balaban J connectivity index is 2.39.